The van der Waals surface area contributed by atoms with Gasteiger partial charge >= 0.3 is 0 Å². The minimum Gasteiger partial charge on any atom is -0.478 e. The van der Waals surface area contributed by atoms with Crippen molar-refractivity contribution in [2.24, 2.45) is 5.92 Å². The van der Waals surface area contributed by atoms with E-state index < -0.39 is 6.10 Å². The molecule has 6 heteroatoms. The molecule has 6 nitrogen and oxygen atoms in total. The topological polar surface area (TPSA) is 71.8 Å². The third kappa shape index (κ3) is 5.23. The van der Waals surface area contributed by atoms with Crippen molar-refractivity contribution in [1.29, 1.82) is 0 Å². The number of hydrogen-bond acceptors (Lipinski definition) is 4. The first-order valence-corrected chi connectivity index (χ1v) is 10.9. The summed E-state index contributed by atoms with van der Waals surface area (Å²) >= 11 is 0. The summed E-state index contributed by atoms with van der Waals surface area (Å²) in [6.45, 7) is 6.68. The summed E-state index contributed by atoms with van der Waals surface area (Å²) in [7, 11) is 0. The van der Waals surface area contributed by atoms with Crippen LogP contribution in [0.15, 0.2) is 41.0 Å². The van der Waals surface area contributed by atoms with Gasteiger partial charge in [0, 0.05) is 19.0 Å². The fourth-order valence-corrected chi connectivity index (χ4v) is 3.69. The lowest BCUT2D eigenvalue weighted by Crippen LogP contribution is -2.45. The van der Waals surface area contributed by atoms with Gasteiger partial charge in [-0.2, -0.15) is 0 Å². The van der Waals surface area contributed by atoms with Crippen molar-refractivity contribution in [1.82, 2.24) is 0 Å². The third-order valence-corrected chi connectivity index (χ3v) is 5.37. The van der Waals surface area contributed by atoms with Gasteiger partial charge in [0.1, 0.15) is 5.75 Å². The lowest BCUT2D eigenvalue weighted by molar-refractivity contribution is -0.127. The molecule has 2 amide bonds. The Morgan fingerprint density at radius 2 is 2.00 bits per heavy atom. The number of anilines is 2. The second-order valence-corrected chi connectivity index (χ2v) is 8.12. The first-order valence-electron chi connectivity index (χ1n) is 10.9. The number of benzene rings is 1. The number of aryl methyl sites for hydroxylation is 1. The maximum atomic E-state index is 13.5. The SMILES string of the molecule is CCCCCCN(C(=O)C(Oc1cccc2c1NC(=O)CC2)C(C)C)c1ccco1. The van der Waals surface area contributed by atoms with Crippen LogP contribution in [-0.2, 0) is 16.0 Å². The molecule has 2 aromatic rings. The van der Waals surface area contributed by atoms with Crippen LogP contribution in [0.25, 0.3) is 0 Å². The van der Waals surface area contributed by atoms with Gasteiger partial charge in [0.05, 0.1) is 12.0 Å². The fourth-order valence-electron chi connectivity index (χ4n) is 3.69. The molecule has 1 aliphatic rings. The van der Waals surface area contributed by atoms with Gasteiger partial charge in [-0.25, -0.2) is 0 Å². The monoisotopic (exact) mass is 412 g/mol. The van der Waals surface area contributed by atoms with Gasteiger partial charge in [-0.1, -0.05) is 52.2 Å². The highest BCUT2D eigenvalue weighted by Crippen LogP contribution is 2.34. The Morgan fingerprint density at radius 3 is 2.70 bits per heavy atom. The molecule has 1 unspecified atom stereocenters. The minimum absolute atomic E-state index is 0.0286. The van der Waals surface area contributed by atoms with E-state index in [2.05, 4.69) is 12.2 Å². The first kappa shape index (κ1) is 21.9. The fraction of sp³-hybridized carbons (Fsp3) is 0.500. The summed E-state index contributed by atoms with van der Waals surface area (Å²) in [6.07, 6.45) is 6.27. The average Bonchev–Trinajstić information content (AvgIpc) is 3.26. The molecule has 0 radical (unpaired) electrons. The Bertz CT molecular complexity index is 845. The van der Waals surface area contributed by atoms with E-state index in [1.807, 2.05) is 32.0 Å². The van der Waals surface area contributed by atoms with E-state index in [0.717, 1.165) is 31.2 Å². The number of nitrogens with zero attached hydrogens (tertiary/aromatic N) is 1. The van der Waals surface area contributed by atoms with Gasteiger partial charge in [0.15, 0.2) is 6.10 Å². The summed E-state index contributed by atoms with van der Waals surface area (Å²) in [4.78, 5) is 27.1. The molecule has 162 valence electrons. The van der Waals surface area contributed by atoms with Crippen LogP contribution in [0.3, 0.4) is 0 Å². The Labute approximate surface area is 178 Å². The highest BCUT2D eigenvalue weighted by Gasteiger charge is 2.32. The number of furan rings is 1. The quantitative estimate of drug-likeness (QED) is 0.546. The smallest absolute Gasteiger partial charge is 0.270 e. The predicted molar refractivity (Wildman–Crippen MR) is 118 cm³/mol. The maximum absolute atomic E-state index is 13.5. The van der Waals surface area contributed by atoms with Gasteiger partial charge in [0.2, 0.25) is 11.8 Å². The van der Waals surface area contributed by atoms with E-state index >= 15 is 0 Å². The summed E-state index contributed by atoms with van der Waals surface area (Å²) in [5.41, 5.74) is 1.71. The molecule has 1 aromatic heterocycles. The number of carbonyl (C=O) groups is 2. The number of fused-ring (bicyclic) bond motifs is 1. The zero-order valence-corrected chi connectivity index (χ0v) is 18.1. The molecule has 0 spiro atoms. The second-order valence-electron chi connectivity index (χ2n) is 8.12. The van der Waals surface area contributed by atoms with E-state index in [4.69, 9.17) is 9.15 Å². The van der Waals surface area contributed by atoms with Gasteiger partial charge in [-0.3, -0.25) is 14.5 Å². The average molecular weight is 413 g/mol. The van der Waals surface area contributed by atoms with Gasteiger partial charge in [-0.05, 0) is 36.5 Å². The predicted octanol–water partition coefficient (Wildman–Crippen LogP) is 5.18. The Morgan fingerprint density at radius 1 is 1.17 bits per heavy atom. The van der Waals surface area contributed by atoms with E-state index in [-0.39, 0.29) is 17.7 Å². The lowest BCUT2D eigenvalue weighted by atomic mass is 10.0. The molecule has 0 saturated heterocycles. The van der Waals surface area contributed by atoms with Crippen LogP contribution in [0.5, 0.6) is 5.75 Å². The first-order chi connectivity index (χ1) is 14.5. The number of amides is 2. The summed E-state index contributed by atoms with van der Waals surface area (Å²) in [5.74, 6) is 0.864. The van der Waals surface area contributed by atoms with Crippen LogP contribution in [0.1, 0.15) is 58.4 Å². The van der Waals surface area contributed by atoms with Crippen molar-refractivity contribution in [2.45, 2.75) is 65.4 Å². The standard InChI is InChI=1S/C24H32N2O4/c1-4-5-6-7-15-26(21-12-9-16-29-21)24(28)23(17(2)3)30-19-11-8-10-18-13-14-20(27)25-22(18)19/h8-12,16-17,23H,4-7,13-15H2,1-3H3,(H,25,27). The van der Waals surface area contributed by atoms with Crippen LogP contribution >= 0.6 is 0 Å². The maximum Gasteiger partial charge on any atom is 0.270 e. The number of nitrogens with one attached hydrogen (secondary N) is 1. The molecular formula is C24H32N2O4. The zero-order chi connectivity index (χ0) is 21.5. The summed E-state index contributed by atoms with van der Waals surface area (Å²) in [5, 5.41) is 2.91. The number of rotatable bonds is 10. The normalized spacial score (nSPS) is 14.2. The summed E-state index contributed by atoms with van der Waals surface area (Å²) < 4.78 is 11.8. The molecule has 2 heterocycles. The Kier molecular flexibility index (Phi) is 7.55. The molecule has 0 aliphatic carbocycles. The van der Waals surface area contributed by atoms with E-state index in [9.17, 15) is 9.59 Å². The molecule has 1 N–H and O–H groups in total. The van der Waals surface area contributed by atoms with Gasteiger partial charge in [-0.15, -0.1) is 0 Å². The molecule has 0 saturated carbocycles. The van der Waals surface area contributed by atoms with Gasteiger partial charge in [0.25, 0.3) is 5.91 Å². The highest BCUT2D eigenvalue weighted by molar-refractivity contribution is 5.97. The lowest BCUT2D eigenvalue weighted by Gasteiger charge is -2.29. The van der Waals surface area contributed by atoms with Crippen molar-refractivity contribution in [2.75, 3.05) is 16.8 Å². The van der Waals surface area contributed by atoms with Crippen molar-refractivity contribution in [3.8, 4) is 5.75 Å². The van der Waals surface area contributed by atoms with Crippen LogP contribution in [0, 0.1) is 5.92 Å². The van der Waals surface area contributed by atoms with Crippen molar-refractivity contribution in [3.05, 3.63) is 42.2 Å². The molecule has 30 heavy (non-hydrogen) atoms. The highest BCUT2D eigenvalue weighted by atomic mass is 16.5. The number of para-hydroxylation sites is 1. The summed E-state index contributed by atoms with van der Waals surface area (Å²) in [6, 6.07) is 9.29. The van der Waals surface area contributed by atoms with Crippen molar-refractivity contribution >= 4 is 23.4 Å². The molecule has 0 fully saturated rings. The van der Waals surface area contributed by atoms with E-state index in [1.165, 1.54) is 0 Å². The van der Waals surface area contributed by atoms with E-state index in [0.29, 0.717) is 36.7 Å². The molecule has 1 aliphatic heterocycles. The van der Waals surface area contributed by atoms with Crippen LogP contribution in [0.2, 0.25) is 0 Å². The van der Waals surface area contributed by atoms with Crippen LogP contribution < -0.4 is 15.0 Å². The minimum atomic E-state index is -0.688. The van der Waals surface area contributed by atoms with Crippen molar-refractivity contribution < 1.29 is 18.7 Å². The molecular weight excluding hydrogens is 380 g/mol. The molecule has 0 bridgehead atoms. The van der Waals surface area contributed by atoms with Crippen LogP contribution in [0.4, 0.5) is 11.6 Å². The number of carbonyl (C=O) groups excluding carboxylic acids is 2. The molecule has 1 aromatic carbocycles. The zero-order valence-electron chi connectivity index (χ0n) is 18.1. The van der Waals surface area contributed by atoms with Crippen LogP contribution in [-0.4, -0.2) is 24.5 Å². The Balaban J connectivity index is 1.82. The third-order valence-electron chi connectivity index (χ3n) is 5.37. The number of ether oxygens (including phenoxy) is 1. The van der Waals surface area contributed by atoms with Crippen molar-refractivity contribution in [3.63, 3.8) is 0 Å². The number of unbranched alkanes of at least 4 members (excludes halogenated alkanes) is 3. The van der Waals surface area contributed by atoms with Gasteiger partial charge < -0.3 is 14.5 Å². The second kappa shape index (κ2) is 10.3. The largest absolute Gasteiger partial charge is 0.478 e. The molecule has 3 rings (SSSR count). The number of hydrogen-bond donors (Lipinski definition) is 1. The molecule has 1 atom stereocenters. The van der Waals surface area contributed by atoms with E-state index in [1.54, 1.807) is 23.3 Å². The Hall–Kier alpha value is -2.76.